The van der Waals surface area contributed by atoms with Crippen molar-refractivity contribution in [1.29, 1.82) is 0 Å². The summed E-state index contributed by atoms with van der Waals surface area (Å²) in [6.45, 7) is 8.84. The van der Waals surface area contributed by atoms with E-state index in [1.807, 2.05) is 25.1 Å². The minimum atomic E-state index is -0.234. The van der Waals surface area contributed by atoms with Gasteiger partial charge in [0.2, 0.25) is 6.79 Å². The molecule has 1 aromatic rings. The maximum absolute atomic E-state index is 11.8. The molecule has 1 amide bonds. The minimum Gasteiger partial charge on any atom is -0.454 e. The topological polar surface area (TPSA) is 75.6 Å². The van der Waals surface area contributed by atoms with Crippen LogP contribution in [0, 0.1) is 0 Å². The molecule has 0 spiro atoms. The van der Waals surface area contributed by atoms with Crippen molar-refractivity contribution in [3.63, 3.8) is 0 Å². The van der Waals surface area contributed by atoms with Crippen LogP contribution in [-0.2, 0) is 11.2 Å². The lowest BCUT2D eigenvalue weighted by Crippen LogP contribution is -2.54. The number of aliphatic imine (C=N–C) groups is 1. The molecule has 0 saturated carbocycles. The summed E-state index contributed by atoms with van der Waals surface area (Å²) in [5.74, 6) is 2.50. The van der Waals surface area contributed by atoms with Gasteiger partial charge in [-0.15, -0.1) is 0 Å². The van der Waals surface area contributed by atoms with Crippen LogP contribution in [0.3, 0.4) is 0 Å². The van der Waals surface area contributed by atoms with E-state index in [0.717, 1.165) is 43.5 Å². The first-order valence-corrected chi connectivity index (χ1v) is 9.54. The van der Waals surface area contributed by atoms with Crippen molar-refractivity contribution in [2.75, 3.05) is 52.7 Å². The van der Waals surface area contributed by atoms with E-state index in [4.69, 9.17) is 19.2 Å². The van der Waals surface area contributed by atoms with Crippen LogP contribution in [0.4, 0.5) is 4.79 Å². The number of carbonyl (C=O) groups is 1. The average Bonchev–Trinajstić information content (AvgIpc) is 3.15. The predicted octanol–water partition coefficient (Wildman–Crippen LogP) is 1.70. The number of benzene rings is 1. The first kappa shape index (κ1) is 19.1. The fraction of sp³-hybridized carbons (Fsp3) is 0.579. The van der Waals surface area contributed by atoms with Gasteiger partial charge < -0.3 is 29.3 Å². The quantitative estimate of drug-likeness (QED) is 0.623. The lowest BCUT2D eigenvalue weighted by molar-refractivity contribution is 0.0914. The molecule has 0 aliphatic carbocycles. The number of guanidine groups is 1. The summed E-state index contributed by atoms with van der Waals surface area (Å²) in [5, 5.41) is 3.35. The van der Waals surface area contributed by atoms with Crippen molar-refractivity contribution in [1.82, 2.24) is 15.1 Å². The lowest BCUT2D eigenvalue weighted by Gasteiger charge is -2.35. The van der Waals surface area contributed by atoms with Crippen molar-refractivity contribution in [2.24, 2.45) is 4.99 Å². The third-order valence-corrected chi connectivity index (χ3v) is 4.54. The van der Waals surface area contributed by atoms with Gasteiger partial charge in [0.25, 0.3) is 0 Å². The molecule has 2 heterocycles. The highest BCUT2D eigenvalue weighted by Crippen LogP contribution is 2.32. The molecule has 148 valence electrons. The second-order valence-electron chi connectivity index (χ2n) is 6.35. The van der Waals surface area contributed by atoms with E-state index in [-0.39, 0.29) is 6.09 Å². The zero-order valence-corrected chi connectivity index (χ0v) is 16.1. The van der Waals surface area contributed by atoms with Gasteiger partial charge in [-0.3, -0.25) is 4.99 Å². The monoisotopic (exact) mass is 376 g/mol. The van der Waals surface area contributed by atoms with E-state index in [0.29, 0.717) is 33.0 Å². The number of fused-ring (bicyclic) bond motifs is 1. The highest BCUT2D eigenvalue weighted by Gasteiger charge is 2.23. The highest BCUT2D eigenvalue weighted by atomic mass is 16.7. The molecule has 2 aliphatic rings. The maximum atomic E-state index is 11.8. The molecule has 1 N–H and O–H groups in total. The molecule has 0 unspecified atom stereocenters. The van der Waals surface area contributed by atoms with E-state index in [9.17, 15) is 4.79 Å². The Balaban J connectivity index is 1.53. The standard InChI is InChI=1S/C19H28N4O4/c1-3-20-18(22-9-11-23(12-10-22)19(24)25-4-2)21-8-7-15-5-6-16-17(13-15)27-14-26-16/h5-6,13H,3-4,7-12,14H2,1-2H3,(H,20,21). The number of rotatable bonds is 5. The molecule has 8 heteroatoms. The Kier molecular flexibility index (Phi) is 6.62. The molecule has 0 aromatic heterocycles. The summed E-state index contributed by atoms with van der Waals surface area (Å²) in [5.41, 5.74) is 1.17. The molecule has 1 saturated heterocycles. The molecule has 3 rings (SSSR count). The van der Waals surface area contributed by atoms with Crippen LogP contribution in [0.25, 0.3) is 0 Å². The first-order chi connectivity index (χ1) is 13.2. The number of ether oxygens (including phenoxy) is 3. The number of nitrogens with zero attached hydrogens (tertiary/aromatic N) is 3. The normalized spacial score (nSPS) is 16.4. The van der Waals surface area contributed by atoms with Crippen LogP contribution >= 0.6 is 0 Å². The Hall–Kier alpha value is -2.64. The summed E-state index contributed by atoms with van der Waals surface area (Å²) in [7, 11) is 0. The number of piperazine rings is 1. The van der Waals surface area contributed by atoms with Gasteiger partial charge in [-0.1, -0.05) is 6.07 Å². The molecule has 0 bridgehead atoms. The summed E-state index contributed by atoms with van der Waals surface area (Å²) in [4.78, 5) is 20.5. The van der Waals surface area contributed by atoms with Gasteiger partial charge in [-0.2, -0.15) is 0 Å². The maximum Gasteiger partial charge on any atom is 0.409 e. The second-order valence-corrected chi connectivity index (χ2v) is 6.35. The third kappa shape index (κ3) is 4.96. The highest BCUT2D eigenvalue weighted by molar-refractivity contribution is 5.80. The van der Waals surface area contributed by atoms with Crippen LogP contribution in [-0.4, -0.2) is 74.5 Å². The Morgan fingerprint density at radius 3 is 2.63 bits per heavy atom. The zero-order chi connectivity index (χ0) is 19.1. The average molecular weight is 376 g/mol. The van der Waals surface area contributed by atoms with Gasteiger partial charge >= 0.3 is 6.09 Å². The van der Waals surface area contributed by atoms with Gasteiger partial charge in [0, 0.05) is 39.3 Å². The molecule has 27 heavy (non-hydrogen) atoms. The molecule has 1 fully saturated rings. The van der Waals surface area contributed by atoms with Crippen molar-refractivity contribution in [3.05, 3.63) is 23.8 Å². The van der Waals surface area contributed by atoms with E-state index >= 15 is 0 Å². The summed E-state index contributed by atoms with van der Waals surface area (Å²) < 4.78 is 15.8. The fourth-order valence-electron chi connectivity index (χ4n) is 3.13. The molecule has 1 aromatic carbocycles. The second kappa shape index (κ2) is 9.34. The van der Waals surface area contributed by atoms with Gasteiger partial charge in [-0.25, -0.2) is 4.79 Å². The van der Waals surface area contributed by atoms with E-state index in [1.165, 1.54) is 5.56 Å². The molecule has 0 atom stereocenters. The van der Waals surface area contributed by atoms with Crippen LogP contribution in [0.5, 0.6) is 11.5 Å². The van der Waals surface area contributed by atoms with Gasteiger partial charge in [0.05, 0.1) is 6.61 Å². The largest absolute Gasteiger partial charge is 0.454 e. The van der Waals surface area contributed by atoms with Crippen LogP contribution in [0.1, 0.15) is 19.4 Å². The van der Waals surface area contributed by atoms with Crippen LogP contribution < -0.4 is 14.8 Å². The Morgan fingerprint density at radius 2 is 1.89 bits per heavy atom. The summed E-state index contributed by atoms with van der Waals surface area (Å²) >= 11 is 0. The number of hydrogen-bond donors (Lipinski definition) is 1. The van der Waals surface area contributed by atoms with Crippen molar-refractivity contribution < 1.29 is 19.0 Å². The fourth-order valence-corrected chi connectivity index (χ4v) is 3.13. The number of nitrogens with one attached hydrogen (secondary N) is 1. The van der Waals surface area contributed by atoms with Gasteiger partial charge in [-0.05, 0) is 38.0 Å². The SMILES string of the molecule is CCNC(=NCCc1ccc2c(c1)OCO2)N1CCN(C(=O)OCC)CC1. The zero-order valence-electron chi connectivity index (χ0n) is 16.1. The number of amides is 1. The Bertz CT molecular complexity index is 672. The number of hydrogen-bond acceptors (Lipinski definition) is 5. The van der Waals surface area contributed by atoms with E-state index in [2.05, 4.69) is 17.1 Å². The molecule has 8 nitrogen and oxygen atoms in total. The minimum absolute atomic E-state index is 0.234. The van der Waals surface area contributed by atoms with Crippen LogP contribution in [0.2, 0.25) is 0 Å². The van der Waals surface area contributed by atoms with Crippen molar-refractivity contribution in [3.8, 4) is 11.5 Å². The van der Waals surface area contributed by atoms with Gasteiger partial charge in [0.15, 0.2) is 17.5 Å². The molecular weight excluding hydrogens is 348 g/mol. The Labute approximate surface area is 160 Å². The lowest BCUT2D eigenvalue weighted by atomic mass is 10.1. The summed E-state index contributed by atoms with van der Waals surface area (Å²) in [6.07, 6.45) is 0.593. The Morgan fingerprint density at radius 1 is 1.15 bits per heavy atom. The van der Waals surface area contributed by atoms with E-state index < -0.39 is 0 Å². The number of carbonyl (C=O) groups excluding carboxylic acids is 1. The van der Waals surface area contributed by atoms with Crippen molar-refractivity contribution >= 4 is 12.1 Å². The molecule has 2 aliphatic heterocycles. The van der Waals surface area contributed by atoms with Gasteiger partial charge in [0.1, 0.15) is 0 Å². The molecule has 0 radical (unpaired) electrons. The van der Waals surface area contributed by atoms with Crippen LogP contribution in [0.15, 0.2) is 23.2 Å². The third-order valence-electron chi connectivity index (χ3n) is 4.54. The predicted molar refractivity (Wildman–Crippen MR) is 102 cm³/mol. The summed E-state index contributed by atoms with van der Waals surface area (Å²) in [6, 6.07) is 6.01. The van der Waals surface area contributed by atoms with E-state index in [1.54, 1.807) is 4.90 Å². The van der Waals surface area contributed by atoms with Crippen molar-refractivity contribution in [2.45, 2.75) is 20.3 Å². The first-order valence-electron chi connectivity index (χ1n) is 9.54. The molecular formula is C19H28N4O4. The smallest absolute Gasteiger partial charge is 0.409 e.